The molecule has 0 aromatic heterocycles. The van der Waals surface area contributed by atoms with Crippen molar-refractivity contribution in [1.29, 1.82) is 0 Å². The molecule has 0 bridgehead atoms. The second-order valence-electron chi connectivity index (χ2n) is 3.95. The summed E-state index contributed by atoms with van der Waals surface area (Å²) in [7, 11) is 1.54. The van der Waals surface area contributed by atoms with Crippen LogP contribution in [-0.4, -0.2) is 59.1 Å². The van der Waals surface area contributed by atoms with Crippen molar-refractivity contribution < 1.29 is 14.7 Å². The standard InChI is InChI=1S/C10H18N2O3S/c1-7(10(14)15)12(2)9(13)5-8-6-16-4-3-11-8/h7-8,11H,3-6H2,1-2H3,(H,14,15). The molecule has 1 amide bonds. The Morgan fingerprint density at radius 1 is 1.62 bits per heavy atom. The molecule has 6 heteroatoms. The number of hydrogen-bond donors (Lipinski definition) is 2. The van der Waals surface area contributed by atoms with E-state index in [-0.39, 0.29) is 11.9 Å². The topological polar surface area (TPSA) is 69.6 Å². The number of aliphatic carboxylic acids is 1. The van der Waals surface area contributed by atoms with Crippen molar-refractivity contribution in [1.82, 2.24) is 10.2 Å². The minimum absolute atomic E-state index is 0.116. The molecule has 2 atom stereocenters. The molecule has 1 aliphatic heterocycles. The number of carboxylic acids is 1. The first kappa shape index (κ1) is 13.3. The van der Waals surface area contributed by atoms with Crippen molar-refractivity contribution in [3.8, 4) is 0 Å². The number of likely N-dealkylation sites (N-methyl/N-ethyl adjacent to an activating group) is 1. The predicted octanol–water partition coefficient (Wildman–Crippen LogP) is 0.0130. The number of amides is 1. The molecular weight excluding hydrogens is 228 g/mol. The quantitative estimate of drug-likeness (QED) is 0.731. The van der Waals surface area contributed by atoms with Gasteiger partial charge in [-0.25, -0.2) is 4.79 Å². The van der Waals surface area contributed by atoms with Crippen LogP contribution in [0, 0.1) is 0 Å². The van der Waals surface area contributed by atoms with E-state index in [0.29, 0.717) is 6.42 Å². The number of rotatable bonds is 4. The Balaban J connectivity index is 2.41. The van der Waals surface area contributed by atoms with Gasteiger partial charge in [0.25, 0.3) is 0 Å². The van der Waals surface area contributed by atoms with E-state index in [1.807, 2.05) is 11.8 Å². The van der Waals surface area contributed by atoms with Crippen LogP contribution in [-0.2, 0) is 9.59 Å². The van der Waals surface area contributed by atoms with Crippen LogP contribution in [0.15, 0.2) is 0 Å². The van der Waals surface area contributed by atoms with Gasteiger partial charge < -0.3 is 15.3 Å². The fourth-order valence-corrected chi connectivity index (χ4v) is 2.44. The van der Waals surface area contributed by atoms with Crippen LogP contribution < -0.4 is 5.32 Å². The fourth-order valence-electron chi connectivity index (χ4n) is 1.49. The summed E-state index contributed by atoms with van der Waals surface area (Å²) in [6, 6.07) is -0.585. The van der Waals surface area contributed by atoms with Gasteiger partial charge in [-0.1, -0.05) is 0 Å². The molecule has 2 N–H and O–H groups in total. The lowest BCUT2D eigenvalue weighted by Crippen LogP contribution is -2.45. The third-order valence-corrected chi connectivity index (χ3v) is 3.88. The summed E-state index contributed by atoms with van der Waals surface area (Å²) < 4.78 is 0. The number of nitrogens with zero attached hydrogens (tertiary/aromatic N) is 1. The largest absolute Gasteiger partial charge is 0.480 e. The molecule has 1 rings (SSSR count). The second-order valence-corrected chi connectivity index (χ2v) is 5.10. The highest BCUT2D eigenvalue weighted by Crippen LogP contribution is 2.11. The van der Waals surface area contributed by atoms with Gasteiger partial charge in [0.2, 0.25) is 5.91 Å². The summed E-state index contributed by atoms with van der Waals surface area (Å²) in [5, 5.41) is 12.1. The van der Waals surface area contributed by atoms with E-state index in [1.165, 1.54) is 18.9 Å². The van der Waals surface area contributed by atoms with Crippen LogP contribution in [0.2, 0.25) is 0 Å². The van der Waals surface area contributed by atoms with Crippen LogP contribution in [0.1, 0.15) is 13.3 Å². The third kappa shape index (κ3) is 3.68. The summed E-state index contributed by atoms with van der Waals surface area (Å²) in [4.78, 5) is 23.8. The van der Waals surface area contributed by atoms with Crippen molar-refractivity contribution in [2.45, 2.75) is 25.4 Å². The zero-order valence-corrected chi connectivity index (χ0v) is 10.4. The predicted molar refractivity (Wildman–Crippen MR) is 63.6 cm³/mol. The molecule has 5 nitrogen and oxygen atoms in total. The molecule has 2 unspecified atom stereocenters. The average molecular weight is 246 g/mol. The van der Waals surface area contributed by atoms with E-state index in [2.05, 4.69) is 5.32 Å². The van der Waals surface area contributed by atoms with Crippen LogP contribution in [0.3, 0.4) is 0 Å². The van der Waals surface area contributed by atoms with Gasteiger partial charge in [0, 0.05) is 37.6 Å². The first-order valence-electron chi connectivity index (χ1n) is 5.32. The SMILES string of the molecule is CC(C(=O)O)N(C)C(=O)CC1CSCCN1. The molecular formula is C10H18N2O3S. The highest BCUT2D eigenvalue weighted by molar-refractivity contribution is 7.99. The van der Waals surface area contributed by atoms with Gasteiger partial charge in [-0.15, -0.1) is 0 Å². The molecule has 1 saturated heterocycles. The number of nitrogens with one attached hydrogen (secondary N) is 1. The van der Waals surface area contributed by atoms with Gasteiger partial charge in [-0.2, -0.15) is 11.8 Å². The monoisotopic (exact) mass is 246 g/mol. The van der Waals surface area contributed by atoms with Gasteiger partial charge >= 0.3 is 5.97 Å². The molecule has 0 spiro atoms. The minimum Gasteiger partial charge on any atom is -0.480 e. The number of thioether (sulfide) groups is 1. The summed E-state index contributed by atoms with van der Waals surface area (Å²) in [6.07, 6.45) is 0.376. The van der Waals surface area contributed by atoms with Gasteiger partial charge in [0.05, 0.1) is 0 Å². The molecule has 16 heavy (non-hydrogen) atoms. The highest BCUT2D eigenvalue weighted by Gasteiger charge is 2.24. The lowest BCUT2D eigenvalue weighted by molar-refractivity contribution is -0.148. The van der Waals surface area contributed by atoms with Crippen LogP contribution in [0.5, 0.6) is 0 Å². The number of carbonyl (C=O) groups excluding carboxylic acids is 1. The van der Waals surface area contributed by atoms with Crippen molar-refractivity contribution in [2.75, 3.05) is 25.1 Å². The molecule has 0 saturated carbocycles. The molecule has 0 aliphatic carbocycles. The van der Waals surface area contributed by atoms with Gasteiger partial charge in [0.15, 0.2) is 0 Å². The maximum absolute atomic E-state index is 11.8. The summed E-state index contributed by atoms with van der Waals surface area (Å²) >= 11 is 1.82. The van der Waals surface area contributed by atoms with E-state index in [0.717, 1.165) is 18.1 Å². The minimum atomic E-state index is -0.971. The van der Waals surface area contributed by atoms with E-state index < -0.39 is 12.0 Å². The summed E-state index contributed by atoms with van der Waals surface area (Å²) in [5.74, 6) is 0.907. The fraction of sp³-hybridized carbons (Fsp3) is 0.800. The summed E-state index contributed by atoms with van der Waals surface area (Å²) in [5.41, 5.74) is 0. The van der Waals surface area contributed by atoms with Gasteiger partial charge in [-0.05, 0) is 6.92 Å². The Kier molecular flexibility index (Phi) is 5.08. The Morgan fingerprint density at radius 3 is 2.81 bits per heavy atom. The maximum Gasteiger partial charge on any atom is 0.326 e. The molecule has 0 aromatic rings. The molecule has 1 heterocycles. The first-order valence-corrected chi connectivity index (χ1v) is 6.47. The van der Waals surface area contributed by atoms with Crippen LogP contribution in [0.25, 0.3) is 0 Å². The van der Waals surface area contributed by atoms with Gasteiger partial charge in [-0.3, -0.25) is 4.79 Å². The molecule has 1 aliphatic rings. The number of carboxylic acid groups (broad SMARTS) is 1. The van der Waals surface area contributed by atoms with Crippen LogP contribution >= 0.6 is 11.8 Å². The maximum atomic E-state index is 11.8. The van der Waals surface area contributed by atoms with Crippen LogP contribution in [0.4, 0.5) is 0 Å². The molecule has 0 aromatic carbocycles. The van der Waals surface area contributed by atoms with Crippen molar-refractivity contribution in [2.24, 2.45) is 0 Å². The molecule has 92 valence electrons. The third-order valence-electron chi connectivity index (χ3n) is 2.75. The number of hydrogen-bond acceptors (Lipinski definition) is 4. The Hall–Kier alpha value is -0.750. The lowest BCUT2D eigenvalue weighted by Gasteiger charge is -2.27. The van der Waals surface area contributed by atoms with Crippen molar-refractivity contribution in [3.63, 3.8) is 0 Å². The zero-order chi connectivity index (χ0) is 12.1. The molecule has 1 fully saturated rings. The first-order chi connectivity index (χ1) is 7.52. The Labute approximate surface area is 99.6 Å². The lowest BCUT2D eigenvalue weighted by atomic mass is 10.2. The Morgan fingerprint density at radius 2 is 2.31 bits per heavy atom. The van der Waals surface area contributed by atoms with Crippen molar-refractivity contribution >= 4 is 23.6 Å². The smallest absolute Gasteiger partial charge is 0.326 e. The molecule has 0 radical (unpaired) electrons. The van der Waals surface area contributed by atoms with Gasteiger partial charge in [0.1, 0.15) is 6.04 Å². The highest BCUT2D eigenvalue weighted by atomic mass is 32.2. The van der Waals surface area contributed by atoms with E-state index in [1.54, 1.807) is 0 Å². The van der Waals surface area contributed by atoms with E-state index in [9.17, 15) is 9.59 Å². The van der Waals surface area contributed by atoms with E-state index >= 15 is 0 Å². The summed E-state index contributed by atoms with van der Waals surface area (Å²) in [6.45, 7) is 2.43. The zero-order valence-electron chi connectivity index (χ0n) is 9.60. The van der Waals surface area contributed by atoms with Crippen molar-refractivity contribution in [3.05, 3.63) is 0 Å². The average Bonchev–Trinajstić information content (AvgIpc) is 2.28. The van der Waals surface area contributed by atoms with E-state index in [4.69, 9.17) is 5.11 Å². The Bertz CT molecular complexity index is 267. The normalized spacial score (nSPS) is 22.5. The second kappa shape index (κ2) is 6.10. The number of carbonyl (C=O) groups is 2.